The Balaban J connectivity index is 2.45. The molecule has 0 saturated heterocycles. The Morgan fingerprint density at radius 3 is 2.56 bits per heavy atom. The Kier molecular flexibility index (Phi) is 5.65. The van der Waals surface area contributed by atoms with Gasteiger partial charge in [0.05, 0.1) is 32.8 Å². The Bertz CT molecular complexity index is 964. The van der Waals surface area contributed by atoms with Crippen LogP contribution in [0.15, 0.2) is 45.8 Å². The number of carbonyl (C=O) groups is 1. The third kappa shape index (κ3) is 4.27. The monoisotopic (exact) mass is 448 g/mol. The molecule has 132 valence electrons. The van der Waals surface area contributed by atoms with Gasteiger partial charge in [0.15, 0.2) is 0 Å². The molecule has 0 atom stereocenters. The van der Waals surface area contributed by atoms with E-state index in [-0.39, 0.29) is 31.3 Å². The summed E-state index contributed by atoms with van der Waals surface area (Å²) in [6, 6.07) is 7.35. The van der Waals surface area contributed by atoms with Gasteiger partial charge in [-0.25, -0.2) is 13.2 Å². The van der Waals surface area contributed by atoms with Crippen LogP contribution in [0.25, 0.3) is 0 Å². The molecule has 11 heteroatoms. The number of carbonyl (C=O) groups excluding carboxylic acids is 1. The number of methoxy groups -OCH3 is 1. The zero-order chi connectivity index (χ0) is 18.8. The maximum atomic E-state index is 12.5. The van der Waals surface area contributed by atoms with E-state index in [0.717, 1.165) is 19.2 Å². The number of nitro groups is 1. The van der Waals surface area contributed by atoms with Crippen molar-refractivity contribution in [3.8, 4) is 0 Å². The van der Waals surface area contributed by atoms with E-state index in [9.17, 15) is 23.3 Å². The fourth-order valence-corrected chi connectivity index (χ4v) is 3.85. The first-order chi connectivity index (χ1) is 11.7. The number of nitrogens with one attached hydrogen (secondary N) is 1. The average Bonchev–Trinajstić information content (AvgIpc) is 2.55. The van der Waals surface area contributed by atoms with Crippen LogP contribution in [-0.2, 0) is 14.8 Å². The van der Waals surface area contributed by atoms with Crippen molar-refractivity contribution in [1.82, 2.24) is 0 Å². The van der Waals surface area contributed by atoms with Crippen molar-refractivity contribution >= 4 is 54.9 Å². The molecule has 1 N–H and O–H groups in total. The van der Waals surface area contributed by atoms with Gasteiger partial charge in [-0.05, 0) is 46.3 Å². The van der Waals surface area contributed by atoms with Crippen molar-refractivity contribution in [1.29, 1.82) is 0 Å². The fourth-order valence-electron chi connectivity index (χ4n) is 1.88. The summed E-state index contributed by atoms with van der Waals surface area (Å²) >= 11 is 8.92. The number of nitrogens with zero attached hydrogens (tertiary/aromatic N) is 1. The van der Waals surface area contributed by atoms with Gasteiger partial charge in [0, 0.05) is 6.07 Å². The summed E-state index contributed by atoms with van der Waals surface area (Å²) in [6.45, 7) is 0. The number of nitro benzene ring substituents is 1. The standard InChI is InChI=1S/C14H10BrClN2O6S/c1-24-14(19)8-2-5-11(16)13(6-8)25(22,23)17-9-3-4-10(15)12(7-9)18(20)21/h2-7,17H,1H3. The van der Waals surface area contributed by atoms with Crippen molar-refractivity contribution in [2.24, 2.45) is 0 Å². The lowest BCUT2D eigenvalue weighted by Crippen LogP contribution is -2.15. The summed E-state index contributed by atoms with van der Waals surface area (Å²) in [5, 5.41) is 10.8. The second kappa shape index (κ2) is 7.38. The SMILES string of the molecule is COC(=O)c1ccc(Cl)c(S(=O)(=O)Nc2ccc(Br)c([N+](=O)[O-])c2)c1. The molecule has 0 spiro atoms. The van der Waals surface area contributed by atoms with E-state index in [4.69, 9.17) is 11.6 Å². The molecule has 0 radical (unpaired) electrons. The minimum atomic E-state index is -4.19. The molecule has 0 aliphatic rings. The van der Waals surface area contributed by atoms with E-state index in [1.54, 1.807) is 0 Å². The number of benzene rings is 2. The van der Waals surface area contributed by atoms with Gasteiger partial charge in [0.1, 0.15) is 4.90 Å². The van der Waals surface area contributed by atoms with Crippen LogP contribution in [0.5, 0.6) is 0 Å². The van der Waals surface area contributed by atoms with Crippen LogP contribution < -0.4 is 4.72 Å². The van der Waals surface area contributed by atoms with E-state index < -0.39 is 20.9 Å². The number of hydrogen-bond acceptors (Lipinski definition) is 6. The van der Waals surface area contributed by atoms with Crippen LogP contribution in [0.3, 0.4) is 0 Å². The lowest BCUT2D eigenvalue weighted by atomic mass is 10.2. The average molecular weight is 450 g/mol. The molecule has 0 aliphatic heterocycles. The van der Waals surface area contributed by atoms with Gasteiger partial charge in [-0.15, -0.1) is 0 Å². The van der Waals surface area contributed by atoms with Crippen LogP contribution in [0.4, 0.5) is 11.4 Å². The maximum Gasteiger partial charge on any atom is 0.337 e. The molecule has 8 nitrogen and oxygen atoms in total. The van der Waals surface area contributed by atoms with Crippen LogP contribution >= 0.6 is 27.5 Å². The Morgan fingerprint density at radius 1 is 1.28 bits per heavy atom. The first-order valence-corrected chi connectivity index (χ1v) is 9.15. The molecule has 0 bridgehead atoms. The van der Waals surface area contributed by atoms with Crippen molar-refractivity contribution < 1.29 is 22.9 Å². The molecule has 2 aromatic carbocycles. The lowest BCUT2D eigenvalue weighted by Gasteiger charge is -2.11. The molecule has 0 amide bonds. The first-order valence-electron chi connectivity index (χ1n) is 6.50. The highest BCUT2D eigenvalue weighted by Crippen LogP contribution is 2.30. The summed E-state index contributed by atoms with van der Waals surface area (Å²) < 4.78 is 32.0. The van der Waals surface area contributed by atoms with Crippen molar-refractivity contribution in [3.05, 3.63) is 61.6 Å². The Labute approximate surface area is 156 Å². The molecular formula is C14H10BrClN2O6S. The maximum absolute atomic E-state index is 12.5. The molecule has 0 unspecified atom stereocenters. The van der Waals surface area contributed by atoms with Gasteiger partial charge in [-0.3, -0.25) is 14.8 Å². The highest BCUT2D eigenvalue weighted by molar-refractivity contribution is 9.10. The first kappa shape index (κ1) is 19.2. The van der Waals surface area contributed by atoms with E-state index in [1.165, 1.54) is 24.3 Å². The Hall–Kier alpha value is -2.17. The number of hydrogen-bond donors (Lipinski definition) is 1. The van der Waals surface area contributed by atoms with Crippen LogP contribution in [0.1, 0.15) is 10.4 Å². The number of ether oxygens (including phenoxy) is 1. The second-order valence-electron chi connectivity index (χ2n) is 4.67. The quantitative estimate of drug-likeness (QED) is 0.423. The van der Waals surface area contributed by atoms with Crippen molar-refractivity contribution in [2.75, 3.05) is 11.8 Å². The van der Waals surface area contributed by atoms with Crippen LogP contribution in [0, 0.1) is 10.1 Å². The van der Waals surface area contributed by atoms with E-state index in [2.05, 4.69) is 25.4 Å². The molecular weight excluding hydrogens is 440 g/mol. The zero-order valence-electron chi connectivity index (χ0n) is 12.5. The van der Waals surface area contributed by atoms with Gasteiger partial charge in [-0.2, -0.15) is 0 Å². The van der Waals surface area contributed by atoms with E-state index in [1.807, 2.05) is 0 Å². The fraction of sp³-hybridized carbons (Fsp3) is 0.0714. The predicted octanol–water partition coefficient (Wildman–Crippen LogP) is 3.60. The van der Waals surface area contributed by atoms with Crippen molar-refractivity contribution in [2.45, 2.75) is 4.90 Å². The Morgan fingerprint density at radius 2 is 1.96 bits per heavy atom. The largest absolute Gasteiger partial charge is 0.465 e. The normalized spacial score (nSPS) is 11.0. The summed E-state index contributed by atoms with van der Waals surface area (Å²) in [7, 11) is -3.03. The molecule has 0 heterocycles. The third-order valence-electron chi connectivity index (χ3n) is 3.04. The number of esters is 1. The van der Waals surface area contributed by atoms with Crippen molar-refractivity contribution in [3.63, 3.8) is 0 Å². The number of halogens is 2. The molecule has 0 fully saturated rings. The topological polar surface area (TPSA) is 116 Å². The molecule has 0 saturated carbocycles. The molecule has 25 heavy (non-hydrogen) atoms. The zero-order valence-corrected chi connectivity index (χ0v) is 15.7. The minimum absolute atomic E-state index is 0.00550. The van der Waals surface area contributed by atoms with Gasteiger partial charge in [0.2, 0.25) is 0 Å². The lowest BCUT2D eigenvalue weighted by molar-refractivity contribution is -0.385. The van der Waals surface area contributed by atoms with E-state index >= 15 is 0 Å². The van der Waals surface area contributed by atoms with E-state index in [0.29, 0.717) is 0 Å². The number of rotatable bonds is 5. The molecule has 0 aliphatic carbocycles. The van der Waals surface area contributed by atoms with Gasteiger partial charge in [-0.1, -0.05) is 11.6 Å². The van der Waals surface area contributed by atoms with Gasteiger partial charge < -0.3 is 4.74 Å². The van der Waals surface area contributed by atoms with Crippen LogP contribution in [0.2, 0.25) is 5.02 Å². The summed E-state index contributed by atoms with van der Waals surface area (Å²) in [4.78, 5) is 21.5. The molecule has 0 aromatic heterocycles. The third-order valence-corrected chi connectivity index (χ3v) is 5.57. The number of sulfonamides is 1. The summed E-state index contributed by atoms with van der Waals surface area (Å²) in [6.07, 6.45) is 0. The predicted molar refractivity (Wildman–Crippen MR) is 94.4 cm³/mol. The highest BCUT2D eigenvalue weighted by Gasteiger charge is 2.22. The smallest absolute Gasteiger partial charge is 0.337 e. The van der Waals surface area contributed by atoms with Crippen LogP contribution in [-0.4, -0.2) is 26.4 Å². The second-order valence-corrected chi connectivity index (χ2v) is 7.58. The van der Waals surface area contributed by atoms with Gasteiger partial charge in [0.25, 0.3) is 15.7 Å². The summed E-state index contributed by atoms with van der Waals surface area (Å²) in [5.74, 6) is -0.729. The number of anilines is 1. The van der Waals surface area contributed by atoms with Gasteiger partial charge >= 0.3 is 5.97 Å². The summed E-state index contributed by atoms with van der Waals surface area (Å²) in [5.41, 5.74) is -0.349. The molecule has 2 aromatic rings. The minimum Gasteiger partial charge on any atom is -0.465 e. The highest BCUT2D eigenvalue weighted by atomic mass is 79.9. The molecule has 2 rings (SSSR count).